The highest BCUT2D eigenvalue weighted by Gasteiger charge is 2.49. The van der Waals surface area contributed by atoms with E-state index >= 15 is 0 Å². The zero-order valence-electron chi connectivity index (χ0n) is 22.3. The molecule has 224 valence electrons. The quantitative estimate of drug-likeness (QED) is 0.220. The molecule has 0 atom stereocenters. The van der Waals surface area contributed by atoms with E-state index in [9.17, 15) is 36.0 Å². The van der Waals surface area contributed by atoms with Crippen molar-refractivity contribution in [3.8, 4) is 5.75 Å². The molecule has 43 heavy (non-hydrogen) atoms. The molecule has 0 radical (unpaired) electrons. The van der Waals surface area contributed by atoms with Gasteiger partial charge in [0.1, 0.15) is 12.3 Å². The molecule has 2 aliphatic heterocycles. The zero-order chi connectivity index (χ0) is 30.9. The molecule has 2 aliphatic rings. The lowest BCUT2D eigenvalue weighted by Crippen LogP contribution is -2.39. The second-order valence-corrected chi connectivity index (χ2v) is 11.7. The number of anilines is 1. The molecule has 0 aliphatic carbocycles. The Balaban J connectivity index is 1.50. The maximum absolute atomic E-state index is 13.6. The van der Waals surface area contributed by atoms with Crippen LogP contribution in [0.4, 0.5) is 18.9 Å². The van der Waals surface area contributed by atoms with E-state index in [4.69, 9.17) is 11.6 Å². The highest BCUT2D eigenvalue weighted by atomic mass is 35.5. The lowest BCUT2D eigenvalue weighted by molar-refractivity contribution is -0.119. The van der Waals surface area contributed by atoms with Crippen LogP contribution in [0, 0.1) is 0 Å². The molecule has 0 unspecified atom stereocenters. The second-order valence-electron chi connectivity index (χ2n) is 9.76. The average Bonchev–Trinajstić information content (AvgIpc) is 3.46. The summed E-state index contributed by atoms with van der Waals surface area (Å²) < 4.78 is 68.0. The van der Waals surface area contributed by atoms with Crippen molar-refractivity contribution in [3.63, 3.8) is 0 Å². The summed E-state index contributed by atoms with van der Waals surface area (Å²) >= 11 is 5.92. The third-order valence-electron chi connectivity index (χ3n) is 6.88. The minimum absolute atomic E-state index is 0.0644. The van der Waals surface area contributed by atoms with Crippen molar-refractivity contribution in [2.24, 2.45) is 0 Å². The third-order valence-corrected chi connectivity index (χ3v) is 8.10. The Morgan fingerprint density at radius 1 is 0.837 bits per heavy atom. The molecule has 0 saturated heterocycles. The first-order valence-electron chi connectivity index (χ1n) is 12.8. The van der Waals surface area contributed by atoms with Crippen LogP contribution in [0.15, 0.2) is 78.9 Å². The molecule has 3 aromatic rings. The van der Waals surface area contributed by atoms with Crippen LogP contribution in [0.3, 0.4) is 0 Å². The van der Waals surface area contributed by atoms with Crippen molar-refractivity contribution in [3.05, 3.63) is 106 Å². The van der Waals surface area contributed by atoms with Gasteiger partial charge in [-0.15, -0.1) is 0 Å². The fourth-order valence-electron chi connectivity index (χ4n) is 4.69. The topological polar surface area (TPSA) is 104 Å². The number of halogens is 4. The lowest BCUT2D eigenvalue weighted by atomic mass is 10.1. The van der Waals surface area contributed by atoms with Gasteiger partial charge in [0.05, 0.1) is 18.8 Å². The standard InChI is InChI=1S/C29H23ClF3N3O6S/c30-22-12-10-21(11-13-22)28(39)35-17-23-24(4-3-5-25(23)42-43(40,41)29(31,32)33)36(26(37)18-35)16-19-6-8-20(9-7-19)27(38)34-14-1-2-15-34/h1-13H,14-18H2. The van der Waals surface area contributed by atoms with Crippen LogP contribution in [0.1, 0.15) is 31.8 Å². The molecular weight excluding hydrogens is 611 g/mol. The number of amides is 3. The summed E-state index contributed by atoms with van der Waals surface area (Å²) in [4.78, 5) is 43.6. The van der Waals surface area contributed by atoms with E-state index in [1.807, 2.05) is 12.2 Å². The third kappa shape index (κ3) is 6.37. The highest BCUT2D eigenvalue weighted by Crippen LogP contribution is 2.37. The van der Waals surface area contributed by atoms with Gasteiger partial charge in [0.25, 0.3) is 11.8 Å². The van der Waals surface area contributed by atoms with Crippen molar-refractivity contribution in [1.82, 2.24) is 9.80 Å². The van der Waals surface area contributed by atoms with Gasteiger partial charge >= 0.3 is 15.6 Å². The Kier molecular flexibility index (Phi) is 8.21. The van der Waals surface area contributed by atoms with Gasteiger partial charge in [-0.25, -0.2) is 0 Å². The predicted octanol–water partition coefficient (Wildman–Crippen LogP) is 4.77. The van der Waals surface area contributed by atoms with Crippen molar-refractivity contribution >= 4 is 45.1 Å². The smallest absolute Gasteiger partial charge is 0.376 e. The Labute approximate surface area is 249 Å². The molecule has 5 rings (SSSR count). The van der Waals surface area contributed by atoms with E-state index < -0.39 is 46.3 Å². The summed E-state index contributed by atoms with van der Waals surface area (Å²) in [5.41, 5.74) is -4.60. The fourth-order valence-corrected chi connectivity index (χ4v) is 5.31. The predicted molar refractivity (Wildman–Crippen MR) is 151 cm³/mol. The van der Waals surface area contributed by atoms with Gasteiger partial charge in [0.2, 0.25) is 5.91 Å². The van der Waals surface area contributed by atoms with Crippen LogP contribution >= 0.6 is 11.6 Å². The molecule has 0 bridgehead atoms. The number of rotatable bonds is 6. The largest absolute Gasteiger partial charge is 0.534 e. The van der Waals surface area contributed by atoms with E-state index in [-0.39, 0.29) is 29.3 Å². The number of hydrogen-bond acceptors (Lipinski definition) is 6. The molecule has 0 aromatic heterocycles. The number of fused-ring (bicyclic) bond motifs is 1. The van der Waals surface area contributed by atoms with E-state index in [0.717, 1.165) is 11.0 Å². The van der Waals surface area contributed by atoms with E-state index in [1.54, 1.807) is 29.2 Å². The number of hydrogen-bond donors (Lipinski definition) is 0. The van der Waals surface area contributed by atoms with Crippen LogP contribution in [0.5, 0.6) is 5.75 Å². The molecule has 0 fully saturated rings. The highest BCUT2D eigenvalue weighted by molar-refractivity contribution is 7.88. The van der Waals surface area contributed by atoms with Crippen LogP contribution in [0.25, 0.3) is 0 Å². The summed E-state index contributed by atoms with van der Waals surface area (Å²) in [5.74, 6) is -2.06. The molecule has 0 N–H and O–H groups in total. The summed E-state index contributed by atoms with van der Waals surface area (Å²) in [6.45, 7) is 0.00273. The van der Waals surface area contributed by atoms with Gasteiger partial charge in [-0.1, -0.05) is 42.0 Å². The number of carbonyl (C=O) groups excluding carboxylic acids is 3. The zero-order valence-corrected chi connectivity index (χ0v) is 23.8. The molecule has 14 heteroatoms. The summed E-state index contributed by atoms with van der Waals surface area (Å²) in [6, 6.07) is 16.0. The fraction of sp³-hybridized carbons (Fsp3) is 0.207. The summed E-state index contributed by atoms with van der Waals surface area (Å²) in [7, 11) is -6.06. The van der Waals surface area contributed by atoms with Crippen molar-refractivity contribution < 1.29 is 40.2 Å². The Bertz CT molecular complexity index is 1700. The van der Waals surface area contributed by atoms with Crippen LogP contribution in [-0.4, -0.2) is 61.1 Å². The van der Waals surface area contributed by atoms with E-state index in [2.05, 4.69) is 4.18 Å². The van der Waals surface area contributed by atoms with Gasteiger partial charge in [0.15, 0.2) is 0 Å². The summed E-state index contributed by atoms with van der Waals surface area (Å²) in [6.07, 6.45) is 3.76. The van der Waals surface area contributed by atoms with E-state index in [1.165, 1.54) is 41.3 Å². The maximum atomic E-state index is 13.6. The number of benzene rings is 3. The minimum Gasteiger partial charge on any atom is -0.376 e. The lowest BCUT2D eigenvalue weighted by Gasteiger charge is -2.24. The Morgan fingerprint density at radius 2 is 1.42 bits per heavy atom. The SMILES string of the molecule is O=C(c1ccc(CN2C(=O)CN(C(=O)c3ccc(Cl)cc3)Cc3c(OS(=O)(=O)C(F)(F)F)cccc32)cc1)N1CC=CC1. The summed E-state index contributed by atoms with van der Waals surface area (Å²) in [5, 5.41) is 0.359. The van der Waals surface area contributed by atoms with Gasteiger partial charge in [0, 0.05) is 34.8 Å². The first-order valence-corrected chi connectivity index (χ1v) is 14.6. The molecule has 3 aromatic carbocycles. The molecule has 0 saturated carbocycles. The molecule has 0 spiro atoms. The number of carbonyl (C=O) groups is 3. The van der Waals surface area contributed by atoms with Crippen molar-refractivity contribution in [1.29, 1.82) is 0 Å². The Hall–Kier alpha value is -4.36. The van der Waals surface area contributed by atoms with Crippen molar-refractivity contribution in [2.75, 3.05) is 24.5 Å². The van der Waals surface area contributed by atoms with Gasteiger partial charge < -0.3 is 18.9 Å². The number of nitrogens with zero attached hydrogens (tertiary/aromatic N) is 3. The first kappa shape index (κ1) is 30.1. The van der Waals surface area contributed by atoms with Crippen LogP contribution < -0.4 is 9.08 Å². The molecule has 3 amide bonds. The van der Waals surface area contributed by atoms with Gasteiger partial charge in [-0.05, 0) is 54.1 Å². The molecule has 2 heterocycles. The molecule has 9 nitrogen and oxygen atoms in total. The van der Waals surface area contributed by atoms with Crippen LogP contribution in [0.2, 0.25) is 5.02 Å². The Morgan fingerprint density at radius 3 is 2.02 bits per heavy atom. The van der Waals surface area contributed by atoms with Gasteiger partial charge in [-0.3, -0.25) is 14.4 Å². The van der Waals surface area contributed by atoms with Gasteiger partial charge in [-0.2, -0.15) is 21.6 Å². The monoisotopic (exact) mass is 633 g/mol. The van der Waals surface area contributed by atoms with E-state index in [0.29, 0.717) is 29.2 Å². The minimum atomic E-state index is -6.06. The first-order chi connectivity index (χ1) is 20.3. The molecular formula is C29H23ClF3N3O6S. The second kappa shape index (κ2) is 11.7. The average molecular weight is 634 g/mol. The normalized spacial score (nSPS) is 15.3. The van der Waals surface area contributed by atoms with Crippen LogP contribution in [-0.2, 0) is 28.0 Å². The number of alkyl halides is 3. The maximum Gasteiger partial charge on any atom is 0.534 e. The van der Waals surface area contributed by atoms with Crippen molar-refractivity contribution in [2.45, 2.75) is 18.6 Å².